The van der Waals surface area contributed by atoms with Crippen LogP contribution in [0.25, 0.3) is 0 Å². The molecule has 0 saturated carbocycles. The second-order valence-corrected chi connectivity index (χ2v) is 4.64. The summed E-state index contributed by atoms with van der Waals surface area (Å²) in [5.74, 6) is 2.23. The first-order valence-corrected chi connectivity index (χ1v) is 6.14. The van der Waals surface area contributed by atoms with E-state index in [2.05, 4.69) is 15.5 Å². The van der Waals surface area contributed by atoms with Crippen LogP contribution in [0.4, 0.5) is 15.9 Å². The van der Waals surface area contributed by atoms with Crippen molar-refractivity contribution in [3.8, 4) is 0 Å². The summed E-state index contributed by atoms with van der Waals surface area (Å²) >= 11 is 1.75. The van der Waals surface area contributed by atoms with Crippen molar-refractivity contribution in [2.75, 3.05) is 5.32 Å². The molecule has 0 bridgehead atoms. The molecule has 5 heteroatoms. The highest BCUT2D eigenvalue weighted by Crippen LogP contribution is 2.35. The predicted molar refractivity (Wildman–Crippen MR) is 63.3 cm³/mol. The van der Waals surface area contributed by atoms with Gasteiger partial charge in [0.2, 0.25) is 0 Å². The third-order valence-corrected chi connectivity index (χ3v) is 3.62. The van der Waals surface area contributed by atoms with E-state index in [1.54, 1.807) is 30.1 Å². The van der Waals surface area contributed by atoms with Crippen LogP contribution in [0, 0.1) is 5.82 Å². The van der Waals surface area contributed by atoms with E-state index < -0.39 is 0 Å². The number of rotatable bonds is 2. The van der Waals surface area contributed by atoms with Gasteiger partial charge < -0.3 is 5.32 Å². The number of anilines is 2. The maximum Gasteiger partial charge on any atom is 0.151 e. The molecule has 0 fully saturated rings. The molecule has 2 heterocycles. The van der Waals surface area contributed by atoms with E-state index in [0.717, 1.165) is 22.6 Å². The maximum atomic E-state index is 14.1. The smallest absolute Gasteiger partial charge is 0.151 e. The third-order valence-electron chi connectivity index (χ3n) is 2.61. The topological polar surface area (TPSA) is 40.7 Å². The molecule has 0 saturated heterocycles. The summed E-state index contributed by atoms with van der Waals surface area (Å²) in [6, 6.07) is 5.53. The summed E-state index contributed by atoms with van der Waals surface area (Å²) < 4.78 is 14.1. The quantitative estimate of drug-likeness (QED) is 0.840. The molecule has 82 valence electrons. The van der Waals surface area contributed by atoms with E-state index in [0.29, 0.717) is 11.5 Å². The van der Waals surface area contributed by atoms with E-state index in [1.807, 2.05) is 6.07 Å². The number of H-pyrrole nitrogens is 1. The van der Waals surface area contributed by atoms with Gasteiger partial charge in [-0.05, 0) is 11.6 Å². The number of hydrogen-bond acceptors (Lipinski definition) is 3. The van der Waals surface area contributed by atoms with Crippen molar-refractivity contribution < 1.29 is 4.39 Å². The van der Waals surface area contributed by atoms with Crippen molar-refractivity contribution in [3.05, 3.63) is 41.3 Å². The summed E-state index contributed by atoms with van der Waals surface area (Å²) in [6.07, 6.45) is 1.63. The zero-order valence-corrected chi connectivity index (χ0v) is 9.27. The Bertz CT molecular complexity index is 510. The van der Waals surface area contributed by atoms with Gasteiger partial charge in [-0.15, -0.1) is 0 Å². The standard InChI is InChI=1S/C11H10FN3S/c12-11-8-6-16-5-7(8)1-2-9(11)14-10-3-4-13-15-10/h1-4H,5-6H2,(H2,13,14,15). The van der Waals surface area contributed by atoms with Crippen LogP contribution in [0.15, 0.2) is 24.4 Å². The number of thioether (sulfide) groups is 1. The van der Waals surface area contributed by atoms with Crippen LogP contribution in [-0.4, -0.2) is 10.2 Å². The van der Waals surface area contributed by atoms with Gasteiger partial charge in [0.05, 0.1) is 11.9 Å². The molecule has 1 aliphatic heterocycles. The highest BCUT2D eigenvalue weighted by molar-refractivity contribution is 7.98. The Kier molecular flexibility index (Phi) is 2.32. The van der Waals surface area contributed by atoms with E-state index in [9.17, 15) is 4.39 Å². The molecular formula is C11H10FN3S. The van der Waals surface area contributed by atoms with Crippen molar-refractivity contribution >= 4 is 23.3 Å². The first-order chi connectivity index (χ1) is 7.84. The first-order valence-electron chi connectivity index (χ1n) is 4.99. The van der Waals surface area contributed by atoms with E-state index in [-0.39, 0.29) is 5.82 Å². The fourth-order valence-corrected chi connectivity index (χ4v) is 2.89. The van der Waals surface area contributed by atoms with Crippen LogP contribution in [0.3, 0.4) is 0 Å². The summed E-state index contributed by atoms with van der Waals surface area (Å²) in [6.45, 7) is 0. The molecule has 0 amide bonds. The molecule has 0 spiro atoms. The SMILES string of the molecule is Fc1c(Nc2ccn[nH]2)ccc2c1CSC2. The highest BCUT2D eigenvalue weighted by Gasteiger charge is 2.18. The van der Waals surface area contributed by atoms with Gasteiger partial charge >= 0.3 is 0 Å². The fraction of sp³-hybridized carbons (Fsp3) is 0.182. The molecule has 3 rings (SSSR count). The lowest BCUT2D eigenvalue weighted by molar-refractivity contribution is 0.620. The monoisotopic (exact) mass is 235 g/mol. The van der Waals surface area contributed by atoms with Crippen molar-refractivity contribution in [2.24, 2.45) is 0 Å². The number of nitrogens with zero attached hydrogens (tertiary/aromatic N) is 1. The first kappa shape index (κ1) is 9.72. The second-order valence-electron chi connectivity index (χ2n) is 3.65. The molecule has 1 aromatic heterocycles. The van der Waals surface area contributed by atoms with Crippen LogP contribution < -0.4 is 5.32 Å². The van der Waals surface area contributed by atoms with Crippen molar-refractivity contribution in [3.63, 3.8) is 0 Å². The second kappa shape index (κ2) is 3.83. The predicted octanol–water partition coefficient (Wildman–Crippen LogP) is 3.04. The summed E-state index contributed by atoms with van der Waals surface area (Å²) in [5, 5.41) is 9.53. The van der Waals surface area contributed by atoms with Gasteiger partial charge in [-0.25, -0.2) is 4.39 Å². The van der Waals surface area contributed by atoms with Crippen LogP contribution in [0.2, 0.25) is 0 Å². The number of benzene rings is 1. The lowest BCUT2D eigenvalue weighted by Crippen LogP contribution is -1.98. The van der Waals surface area contributed by atoms with Gasteiger partial charge in [-0.3, -0.25) is 5.10 Å². The number of aromatic amines is 1. The molecule has 16 heavy (non-hydrogen) atoms. The minimum absolute atomic E-state index is 0.142. The number of hydrogen-bond donors (Lipinski definition) is 2. The van der Waals surface area contributed by atoms with Crippen LogP contribution >= 0.6 is 11.8 Å². The van der Waals surface area contributed by atoms with Crippen molar-refractivity contribution in [1.82, 2.24) is 10.2 Å². The normalized spacial score (nSPS) is 13.8. The fourth-order valence-electron chi connectivity index (χ4n) is 1.78. The molecule has 2 aromatic rings. The van der Waals surface area contributed by atoms with Gasteiger partial charge in [-0.2, -0.15) is 16.9 Å². The molecule has 0 aliphatic carbocycles. The Balaban J connectivity index is 1.96. The lowest BCUT2D eigenvalue weighted by atomic mass is 10.1. The molecule has 0 radical (unpaired) electrons. The number of halogens is 1. The Labute approximate surface area is 96.4 Å². The van der Waals surface area contributed by atoms with Gasteiger partial charge in [-0.1, -0.05) is 6.07 Å². The van der Waals surface area contributed by atoms with Gasteiger partial charge in [0, 0.05) is 23.1 Å². The average molecular weight is 235 g/mol. The molecular weight excluding hydrogens is 225 g/mol. The Morgan fingerprint density at radius 1 is 1.31 bits per heavy atom. The largest absolute Gasteiger partial charge is 0.338 e. The van der Waals surface area contributed by atoms with E-state index in [4.69, 9.17) is 0 Å². The molecule has 1 aromatic carbocycles. The lowest BCUT2D eigenvalue weighted by Gasteiger charge is -2.08. The van der Waals surface area contributed by atoms with Crippen molar-refractivity contribution in [2.45, 2.75) is 11.5 Å². The average Bonchev–Trinajstić information content (AvgIpc) is 2.93. The summed E-state index contributed by atoms with van der Waals surface area (Å²) in [5.41, 5.74) is 2.44. The Hall–Kier alpha value is -1.49. The maximum absolute atomic E-state index is 14.1. The Morgan fingerprint density at radius 3 is 3.06 bits per heavy atom. The molecule has 0 unspecified atom stereocenters. The highest BCUT2D eigenvalue weighted by atomic mass is 32.2. The van der Waals surface area contributed by atoms with E-state index >= 15 is 0 Å². The molecule has 0 atom stereocenters. The van der Waals surface area contributed by atoms with Gasteiger partial charge in [0.1, 0.15) is 5.82 Å². The van der Waals surface area contributed by atoms with Crippen LogP contribution in [0.1, 0.15) is 11.1 Å². The van der Waals surface area contributed by atoms with Crippen LogP contribution in [0.5, 0.6) is 0 Å². The van der Waals surface area contributed by atoms with Gasteiger partial charge in [0.25, 0.3) is 0 Å². The Morgan fingerprint density at radius 2 is 2.25 bits per heavy atom. The zero-order chi connectivity index (χ0) is 11.0. The minimum Gasteiger partial charge on any atom is -0.338 e. The molecule has 1 aliphatic rings. The summed E-state index contributed by atoms with van der Waals surface area (Å²) in [7, 11) is 0. The van der Waals surface area contributed by atoms with Crippen LogP contribution in [-0.2, 0) is 11.5 Å². The minimum atomic E-state index is -0.142. The van der Waals surface area contributed by atoms with Gasteiger partial charge in [0.15, 0.2) is 5.82 Å². The summed E-state index contributed by atoms with van der Waals surface area (Å²) in [4.78, 5) is 0. The number of fused-ring (bicyclic) bond motifs is 1. The van der Waals surface area contributed by atoms with E-state index in [1.165, 1.54) is 0 Å². The molecule has 2 N–H and O–H groups in total. The van der Waals surface area contributed by atoms with Crippen molar-refractivity contribution in [1.29, 1.82) is 0 Å². The number of aromatic nitrogens is 2. The third kappa shape index (κ3) is 1.57. The zero-order valence-electron chi connectivity index (χ0n) is 8.46. The molecule has 3 nitrogen and oxygen atoms in total. The number of nitrogens with one attached hydrogen (secondary N) is 2.